The topological polar surface area (TPSA) is 37.4 Å². The minimum absolute atomic E-state index is 0.0459. The van der Waals surface area contributed by atoms with Crippen LogP contribution in [0.4, 0.5) is 5.69 Å². The Morgan fingerprint density at radius 3 is 2.79 bits per heavy atom. The van der Waals surface area contributed by atoms with Crippen molar-refractivity contribution < 1.29 is 8.42 Å². The lowest BCUT2D eigenvalue weighted by molar-refractivity contribution is 0.550. The Morgan fingerprint density at radius 1 is 1.42 bits per heavy atom. The van der Waals surface area contributed by atoms with Crippen LogP contribution in [0, 0.1) is 6.92 Å². The molecule has 0 aromatic heterocycles. The maximum absolute atomic E-state index is 11.9. The SMILES string of the molecule is Cc1ccccc1N1C(=S)S[C@H]2CS(=O)(=O)C[C@]21C. The molecule has 0 unspecified atom stereocenters. The molecule has 6 heteroatoms. The molecule has 2 atom stereocenters. The summed E-state index contributed by atoms with van der Waals surface area (Å²) in [5.74, 6) is 0.419. The lowest BCUT2D eigenvalue weighted by atomic mass is 9.98. The summed E-state index contributed by atoms with van der Waals surface area (Å²) in [4.78, 5) is 2.05. The quantitative estimate of drug-likeness (QED) is 0.744. The predicted molar refractivity (Wildman–Crippen MR) is 84.7 cm³/mol. The van der Waals surface area contributed by atoms with Crippen molar-refractivity contribution in [2.75, 3.05) is 16.4 Å². The van der Waals surface area contributed by atoms with Gasteiger partial charge in [-0.2, -0.15) is 0 Å². The van der Waals surface area contributed by atoms with Crippen LogP contribution in [0.3, 0.4) is 0 Å². The van der Waals surface area contributed by atoms with E-state index in [4.69, 9.17) is 12.2 Å². The Hall–Kier alpha value is -0.590. The molecule has 19 heavy (non-hydrogen) atoms. The molecule has 0 amide bonds. The fourth-order valence-electron chi connectivity index (χ4n) is 2.95. The maximum atomic E-state index is 11.9. The number of rotatable bonds is 1. The molecular weight excluding hydrogens is 298 g/mol. The Morgan fingerprint density at radius 2 is 2.11 bits per heavy atom. The van der Waals surface area contributed by atoms with Crippen LogP contribution in [-0.4, -0.2) is 35.0 Å². The molecule has 3 rings (SSSR count). The van der Waals surface area contributed by atoms with Gasteiger partial charge in [0, 0.05) is 5.69 Å². The second-order valence-electron chi connectivity index (χ2n) is 5.41. The minimum atomic E-state index is -2.96. The van der Waals surface area contributed by atoms with Gasteiger partial charge in [0.25, 0.3) is 0 Å². The number of hydrogen-bond acceptors (Lipinski definition) is 4. The summed E-state index contributed by atoms with van der Waals surface area (Å²) in [6.45, 7) is 4.05. The third-order valence-electron chi connectivity index (χ3n) is 3.90. The van der Waals surface area contributed by atoms with E-state index in [0.717, 1.165) is 15.6 Å². The van der Waals surface area contributed by atoms with Crippen molar-refractivity contribution >= 4 is 43.8 Å². The van der Waals surface area contributed by atoms with E-state index in [0.29, 0.717) is 0 Å². The van der Waals surface area contributed by atoms with Crippen molar-refractivity contribution in [2.45, 2.75) is 24.6 Å². The number of sulfone groups is 1. The molecule has 0 saturated carbocycles. The summed E-state index contributed by atoms with van der Waals surface area (Å²) in [5.41, 5.74) is 1.74. The van der Waals surface area contributed by atoms with Crippen LogP contribution < -0.4 is 4.90 Å². The van der Waals surface area contributed by atoms with Gasteiger partial charge in [-0.25, -0.2) is 8.42 Å². The monoisotopic (exact) mass is 313 g/mol. The average Bonchev–Trinajstić information content (AvgIpc) is 2.64. The highest BCUT2D eigenvalue weighted by Gasteiger charge is 2.57. The Kier molecular flexibility index (Phi) is 2.96. The standard InChI is InChI=1S/C13H15NO2S3/c1-9-5-3-4-6-10(9)14-12(17)18-11-7-19(15,16)8-13(11,14)2/h3-6,11H,7-8H2,1-2H3/t11-,13+/m0/s1. The van der Waals surface area contributed by atoms with Gasteiger partial charge in [-0.3, -0.25) is 0 Å². The van der Waals surface area contributed by atoms with E-state index in [-0.39, 0.29) is 16.8 Å². The summed E-state index contributed by atoms with van der Waals surface area (Å²) < 4.78 is 24.7. The van der Waals surface area contributed by atoms with Crippen LogP contribution >= 0.6 is 24.0 Å². The molecule has 2 fully saturated rings. The van der Waals surface area contributed by atoms with Gasteiger partial charge in [-0.1, -0.05) is 42.2 Å². The molecule has 0 radical (unpaired) electrons. The molecule has 2 aliphatic rings. The first-order valence-corrected chi connectivity index (χ1v) is 9.21. The van der Waals surface area contributed by atoms with E-state index < -0.39 is 15.4 Å². The summed E-state index contributed by atoms with van der Waals surface area (Å²) in [6, 6.07) is 8.00. The second kappa shape index (κ2) is 4.20. The molecule has 2 aliphatic heterocycles. The number of benzene rings is 1. The van der Waals surface area contributed by atoms with Gasteiger partial charge in [-0.05, 0) is 25.5 Å². The fourth-order valence-corrected chi connectivity index (χ4v) is 7.86. The first-order chi connectivity index (χ1) is 8.83. The zero-order chi connectivity index (χ0) is 13.8. The molecule has 1 aromatic rings. The van der Waals surface area contributed by atoms with Crippen LogP contribution in [0.5, 0.6) is 0 Å². The van der Waals surface area contributed by atoms with E-state index in [2.05, 4.69) is 4.90 Å². The molecule has 2 heterocycles. The molecule has 0 N–H and O–H groups in total. The highest BCUT2D eigenvalue weighted by Crippen LogP contribution is 2.48. The number of fused-ring (bicyclic) bond motifs is 1. The highest BCUT2D eigenvalue weighted by atomic mass is 32.2. The van der Waals surface area contributed by atoms with Crippen molar-refractivity contribution in [2.24, 2.45) is 0 Å². The second-order valence-corrected chi connectivity index (χ2v) is 9.35. The van der Waals surface area contributed by atoms with Crippen LogP contribution in [0.2, 0.25) is 0 Å². The Bertz CT molecular complexity index is 656. The van der Waals surface area contributed by atoms with Gasteiger partial charge in [-0.15, -0.1) is 0 Å². The number of aryl methyl sites for hydroxylation is 1. The number of nitrogens with zero attached hydrogens (tertiary/aromatic N) is 1. The number of thiocarbonyl (C=S) groups is 1. The smallest absolute Gasteiger partial charge is 0.153 e. The molecule has 0 aliphatic carbocycles. The number of thioether (sulfide) groups is 1. The number of anilines is 1. The predicted octanol–water partition coefficient (Wildman–Crippen LogP) is 2.39. The lowest BCUT2D eigenvalue weighted by Crippen LogP contribution is -2.49. The summed E-state index contributed by atoms with van der Waals surface area (Å²) in [7, 11) is -2.96. The Balaban J connectivity index is 2.11. The van der Waals surface area contributed by atoms with E-state index in [9.17, 15) is 8.42 Å². The lowest BCUT2D eigenvalue weighted by Gasteiger charge is -2.35. The first kappa shape index (κ1) is 13.4. The molecule has 0 spiro atoms. The fraction of sp³-hybridized carbons (Fsp3) is 0.462. The maximum Gasteiger partial charge on any atom is 0.153 e. The molecule has 2 saturated heterocycles. The van der Waals surface area contributed by atoms with E-state index in [1.54, 1.807) is 0 Å². The van der Waals surface area contributed by atoms with Gasteiger partial charge in [0.15, 0.2) is 9.84 Å². The normalized spacial score (nSPS) is 32.6. The summed E-state index contributed by atoms with van der Waals surface area (Å²) >= 11 is 7.00. The minimum Gasteiger partial charge on any atom is -0.319 e. The van der Waals surface area contributed by atoms with Crippen LogP contribution in [0.25, 0.3) is 0 Å². The van der Waals surface area contributed by atoms with Crippen LogP contribution in [0.1, 0.15) is 12.5 Å². The van der Waals surface area contributed by atoms with E-state index in [1.807, 2.05) is 38.1 Å². The van der Waals surface area contributed by atoms with Crippen molar-refractivity contribution in [3.05, 3.63) is 29.8 Å². The third kappa shape index (κ3) is 2.00. The molecular formula is C13H15NO2S3. The molecule has 3 nitrogen and oxygen atoms in total. The van der Waals surface area contributed by atoms with Gasteiger partial charge in [0.05, 0.1) is 22.3 Å². The van der Waals surface area contributed by atoms with Crippen LogP contribution in [0.15, 0.2) is 24.3 Å². The first-order valence-electron chi connectivity index (χ1n) is 6.10. The molecule has 0 bridgehead atoms. The molecule has 102 valence electrons. The van der Waals surface area contributed by atoms with E-state index in [1.165, 1.54) is 11.8 Å². The Labute approximate surface area is 123 Å². The van der Waals surface area contributed by atoms with E-state index >= 15 is 0 Å². The zero-order valence-corrected chi connectivity index (χ0v) is 13.2. The third-order valence-corrected chi connectivity index (χ3v) is 7.79. The van der Waals surface area contributed by atoms with Crippen molar-refractivity contribution in [3.63, 3.8) is 0 Å². The average molecular weight is 313 g/mol. The van der Waals surface area contributed by atoms with Gasteiger partial charge in [0.1, 0.15) is 4.32 Å². The van der Waals surface area contributed by atoms with Crippen molar-refractivity contribution in [1.82, 2.24) is 0 Å². The highest BCUT2D eigenvalue weighted by molar-refractivity contribution is 8.24. The van der Waals surface area contributed by atoms with Gasteiger partial charge >= 0.3 is 0 Å². The van der Waals surface area contributed by atoms with Crippen LogP contribution in [-0.2, 0) is 9.84 Å². The largest absolute Gasteiger partial charge is 0.319 e. The summed E-state index contributed by atoms with van der Waals surface area (Å²) in [5, 5.41) is 0.0459. The zero-order valence-electron chi connectivity index (χ0n) is 10.8. The summed E-state index contributed by atoms with van der Waals surface area (Å²) in [6.07, 6.45) is 0. The van der Waals surface area contributed by atoms with Crippen molar-refractivity contribution in [3.8, 4) is 0 Å². The van der Waals surface area contributed by atoms with Gasteiger partial charge in [0.2, 0.25) is 0 Å². The van der Waals surface area contributed by atoms with Crippen molar-refractivity contribution in [1.29, 1.82) is 0 Å². The number of para-hydroxylation sites is 1. The van der Waals surface area contributed by atoms with Gasteiger partial charge < -0.3 is 4.90 Å². The molecule has 1 aromatic carbocycles. The number of hydrogen-bond donors (Lipinski definition) is 0.